The molecule has 0 spiro atoms. The number of nitrogens with zero attached hydrogens (tertiary/aromatic N) is 2. The van der Waals surface area contributed by atoms with Crippen molar-refractivity contribution in [1.82, 2.24) is 4.98 Å². The molecule has 1 saturated heterocycles. The first kappa shape index (κ1) is 14.3. The maximum atomic E-state index is 11.6. The minimum Gasteiger partial charge on any atom is -0.370 e. The summed E-state index contributed by atoms with van der Waals surface area (Å²) in [6.07, 6.45) is 0.684. The summed E-state index contributed by atoms with van der Waals surface area (Å²) in [5.41, 5.74) is 9.66. The van der Waals surface area contributed by atoms with E-state index < -0.39 is 9.84 Å². The molecule has 19 heavy (non-hydrogen) atoms. The smallest absolute Gasteiger partial charge is 0.152 e. The van der Waals surface area contributed by atoms with E-state index in [-0.39, 0.29) is 17.5 Å². The molecule has 2 N–H and O–H groups in total. The van der Waals surface area contributed by atoms with E-state index in [4.69, 9.17) is 5.73 Å². The third-order valence-electron chi connectivity index (χ3n) is 3.78. The van der Waals surface area contributed by atoms with Crippen LogP contribution in [0.2, 0.25) is 0 Å². The summed E-state index contributed by atoms with van der Waals surface area (Å²) >= 11 is 0. The Morgan fingerprint density at radius 1 is 1.47 bits per heavy atom. The third-order valence-corrected chi connectivity index (χ3v) is 5.53. The molecular formula is C13H21N3O2S. The van der Waals surface area contributed by atoms with E-state index in [9.17, 15) is 8.42 Å². The van der Waals surface area contributed by atoms with Crippen LogP contribution in [0.15, 0.2) is 6.07 Å². The fourth-order valence-electron chi connectivity index (χ4n) is 2.68. The molecule has 2 rings (SSSR count). The number of rotatable bonds is 3. The van der Waals surface area contributed by atoms with Gasteiger partial charge >= 0.3 is 0 Å². The minimum atomic E-state index is -2.88. The van der Waals surface area contributed by atoms with Crippen molar-refractivity contribution in [1.29, 1.82) is 0 Å². The van der Waals surface area contributed by atoms with E-state index >= 15 is 0 Å². The predicted molar refractivity (Wildman–Crippen MR) is 77.1 cm³/mol. The van der Waals surface area contributed by atoms with Crippen LogP contribution in [0.1, 0.15) is 23.4 Å². The normalized spacial score (nSPS) is 21.6. The van der Waals surface area contributed by atoms with Crippen LogP contribution < -0.4 is 10.6 Å². The van der Waals surface area contributed by atoms with Gasteiger partial charge in [0.05, 0.1) is 11.5 Å². The van der Waals surface area contributed by atoms with Gasteiger partial charge in [0.15, 0.2) is 9.84 Å². The largest absolute Gasteiger partial charge is 0.370 e. The quantitative estimate of drug-likeness (QED) is 0.887. The molecule has 1 aromatic rings. The third kappa shape index (κ3) is 2.90. The Morgan fingerprint density at radius 3 is 2.68 bits per heavy atom. The van der Waals surface area contributed by atoms with Crippen molar-refractivity contribution in [2.45, 2.75) is 32.9 Å². The van der Waals surface area contributed by atoms with Crippen LogP contribution >= 0.6 is 0 Å². The Labute approximate surface area is 114 Å². The summed E-state index contributed by atoms with van der Waals surface area (Å²) in [7, 11) is -0.934. The lowest BCUT2D eigenvalue weighted by Gasteiger charge is -2.28. The van der Waals surface area contributed by atoms with Gasteiger partial charge in [0.25, 0.3) is 0 Å². The lowest BCUT2D eigenvalue weighted by Crippen LogP contribution is -2.33. The van der Waals surface area contributed by atoms with Crippen LogP contribution in [0.3, 0.4) is 0 Å². The zero-order valence-corrected chi connectivity index (χ0v) is 12.5. The topological polar surface area (TPSA) is 76.3 Å². The standard InChI is InChI=1S/C13H21N3O2S/c1-9-6-13(12(7-14)10(2)15-9)16(3)11-4-5-19(17,18)8-11/h6,11H,4-5,7-8,14H2,1-3H3. The van der Waals surface area contributed by atoms with Crippen molar-refractivity contribution in [3.05, 3.63) is 23.0 Å². The SMILES string of the molecule is Cc1cc(N(C)C2CCS(=O)(=O)C2)c(CN)c(C)n1. The van der Waals surface area contributed by atoms with Crippen LogP contribution in [0.5, 0.6) is 0 Å². The summed E-state index contributed by atoms with van der Waals surface area (Å²) in [4.78, 5) is 6.47. The molecule has 0 amide bonds. The fourth-order valence-corrected chi connectivity index (χ4v) is 4.45. The molecule has 5 nitrogen and oxygen atoms in total. The van der Waals surface area contributed by atoms with E-state index in [1.165, 1.54) is 0 Å². The van der Waals surface area contributed by atoms with Gasteiger partial charge in [-0.3, -0.25) is 4.98 Å². The Hall–Kier alpha value is -1.14. The highest BCUT2D eigenvalue weighted by atomic mass is 32.2. The number of anilines is 1. The van der Waals surface area contributed by atoms with Crippen LogP contribution in [0.25, 0.3) is 0 Å². The van der Waals surface area contributed by atoms with Gasteiger partial charge in [-0.15, -0.1) is 0 Å². The van der Waals surface area contributed by atoms with E-state index in [1.807, 2.05) is 27.0 Å². The number of pyridine rings is 1. The number of nitrogens with two attached hydrogens (primary N) is 1. The number of hydrogen-bond donors (Lipinski definition) is 1. The molecule has 1 atom stereocenters. The summed E-state index contributed by atoms with van der Waals surface area (Å²) < 4.78 is 23.2. The summed E-state index contributed by atoms with van der Waals surface area (Å²) in [6, 6.07) is 2.02. The first-order valence-electron chi connectivity index (χ1n) is 6.44. The van der Waals surface area contributed by atoms with Crippen LogP contribution in [0, 0.1) is 13.8 Å². The highest BCUT2D eigenvalue weighted by molar-refractivity contribution is 7.91. The molecule has 1 aliphatic rings. The molecule has 0 saturated carbocycles. The number of sulfone groups is 1. The minimum absolute atomic E-state index is 0.0384. The maximum absolute atomic E-state index is 11.6. The molecule has 0 aromatic carbocycles. The van der Waals surface area contributed by atoms with Gasteiger partial charge in [-0.1, -0.05) is 0 Å². The van der Waals surface area contributed by atoms with Gasteiger partial charge in [0, 0.05) is 42.3 Å². The second kappa shape index (κ2) is 5.09. The van der Waals surface area contributed by atoms with Crippen molar-refractivity contribution in [3.63, 3.8) is 0 Å². The van der Waals surface area contributed by atoms with Crippen LogP contribution in [-0.4, -0.2) is 38.0 Å². The number of hydrogen-bond acceptors (Lipinski definition) is 5. The van der Waals surface area contributed by atoms with Gasteiger partial charge in [-0.2, -0.15) is 0 Å². The second-order valence-corrected chi connectivity index (χ2v) is 7.45. The van der Waals surface area contributed by atoms with Gasteiger partial charge < -0.3 is 10.6 Å². The monoisotopic (exact) mass is 283 g/mol. The van der Waals surface area contributed by atoms with Crippen molar-refractivity contribution >= 4 is 15.5 Å². The summed E-state index contributed by atoms with van der Waals surface area (Å²) in [5, 5.41) is 0. The molecule has 0 aliphatic carbocycles. The fraction of sp³-hybridized carbons (Fsp3) is 0.615. The second-order valence-electron chi connectivity index (χ2n) is 5.22. The van der Waals surface area contributed by atoms with E-state index in [0.29, 0.717) is 13.0 Å². The molecule has 0 bridgehead atoms. The van der Waals surface area contributed by atoms with Crippen molar-refractivity contribution in [3.8, 4) is 0 Å². The maximum Gasteiger partial charge on any atom is 0.152 e. The molecule has 1 aromatic heterocycles. The highest BCUT2D eigenvalue weighted by Crippen LogP contribution is 2.27. The van der Waals surface area contributed by atoms with Crippen LogP contribution in [0.4, 0.5) is 5.69 Å². The lowest BCUT2D eigenvalue weighted by molar-refractivity contribution is 0.600. The summed E-state index contributed by atoms with van der Waals surface area (Å²) in [5.74, 6) is 0.511. The van der Waals surface area contributed by atoms with Crippen molar-refractivity contribution in [2.75, 3.05) is 23.5 Å². The highest BCUT2D eigenvalue weighted by Gasteiger charge is 2.31. The van der Waals surface area contributed by atoms with E-state index in [1.54, 1.807) is 0 Å². The van der Waals surface area contributed by atoms with Gasteiger partial charge in [0.2, 0.25) is 0 Å². The van der Waals surface area contributed by atoms with E-state index in [0.717, 1.165) is 22.6 Å². The molecule has 1 unspecified atom stereocenters. The molecule has 106 valence electrons. The molecule has 1 fully saturated rings. The Morgan fingerprint density at radius 2 is 2.16 bits per heavy atom. The molecule has 0 radical (unpaired) electrons. The first-order valence-corrected chi connectivity index (χ1v) is 8.26. The van der Waals surface area contributed by atoms with Gasteiger partial charge in [0.1, 0.15) is 0 Å². The zero-order valence-electron chi connectivity index (χ0n) is 11.7. The Balaban J connectivity index is 2.36. The average Bonchev–Trinajstić information content (AvgIpc) is 2.68. The van der Waals surface area contributed by atoms with Gasteiger partial charge in [-0.05, 0) is 26.3 Å². The summed E-state index contributed by atoms with van der Waals surface area (Å²) in [6.45, 7) is 4.30. The first-order chi connectivity index (χ1) is 8.84. The number of aryl methyl sites for hydroxylation is 2. The lowest BCUT2D eigenvalue weighted by atomic mass is 10.1. The predicted octanol–water partition coefficient (Wildman–Crippen LogP) is 0.780. The van der Waals surface area contributed by atoms with Gasteiger partial charge in [-0.25, -0.2) is 8.42 Å². The Bertz CT molecular complexity index is 584. The van der Waals surface area contributed by atoms with E-state index in [2.05, 4.69) is 9.88 Å². The average molecular weight is 283 g/mol. The Kier molecular flexibility index (Phi) is 3.82. The molecule has 1 aliphatic heterocycles. The zero-order chi connectivity index (χ0) is 14.2. The van der Waals surface area contributed by atoms with Crippen molar-refractivity contribution < 1.29 is 8.42 Å². The number of aromatic nitrogens is 1. The molecule has 2 heterocycles. The van der Waals surface area contributed by atoms with Crippen molar-refractivity contribution in [2.24, 2.45) is 5.73 Å². The molecule has 6 heteroatoms. The van der Waals surface area contributed by atoms with Crippen LogP contribution in [-0.2, 0) is 16.4 Å². The molecular weight excluding hydrogens is 262 g/mol.